The fourth-order valence-corrected chi connectivity index (χ4v) is 5.29. The Hall–Kier alpha value is -2.46. The molecule has 1 aliphatic rings. The number of nitrogens with one attached hydrogen (secondary N) is 2. The van der Waals surface area contributed by atoms with Gasteiger partial charge in [-0.1, -0.05) is 29.5 Å². The number of hydrogen-bond acceptors (Lipinski definition) is 6. The molecular formula is C23H29N5O2S2. The average Bonchev–Trinajstić information content (AvgIpc) is 3.16. The number of carbonyl (C=O) groups is 1. The molecule has 1 unspecified atom stereocenters. The number of anilines is 1. The summed E-state index contributed by atoms with van der Waals surface area (Å²) >= 11 is 1.44. The third kappa shape index (κ3) is 5.66. The van der Waals surface area contributed by atoms with E-state index in [0.29, 0.717) is 11.7 Å². The Morgan fingerprint density at radius 3 is 2.66 bits per heavy atom. The van der Waals surface area contributed by atoms with Gasteiger partial charge in [0.05, 0.1) is 10.2 Å². The van der Waals surface area contributed by atoms with Crippen LogP contribution in [0.4, 0.5) is 9.93 Å². The molecule has 0 aliphatic carbocycles. The molecule has 3 aromatic rings. The topological polar surface area (TPSA) is 77.6 Å². The second-order valence-corrected chi connectivity index (χ2v) is 11.8. The Bertz CT molecular complexity index is 1210. The monoisotopic (exact) mass is 471 g/mol. The zero-order chi connectivity index (χ0) is 22.7. The van der Waals surface area contributed by atoms with E-state index < -0.39 is 9.52 Å². The van der Waals surface area contributed by atoms with Crippen LogP contribution in [0, 0.1) is 0 Å². The molecule has 0 radical (unpaired) electrons. The quantitative estimate of drug-likeness (QED) is 0.541. The second-order valence-electron chi connectivity index (χ2n) is 8.26. The fourth-order valence-electron chi connectivity index (χ4n) is 3.64. The standard InChI is InChI=1S/C23H29N5O2S2/c1-27-11-13-28(14-12-27)10-9-24-22(29)26-23-25-20-8-7-18(16-21(20)31-23)17-5-4-6-19(15-17)32(2,3)30/h4-8,15-16H,2,9-14H2,1,3H3,(H2,24,25,26,29). The van der Waals surface area contributed by atoms with Crippen LogP contribution in [0.1, 0.15) is 0 Å². The van der Waals surface area contributed by atoms with Crippen LogP contribution < -0.4 is 10.6 Å². The van der Waals surface area contributed by atoms with Gasteiger partial charge in [-0.3, -0.25) is 14.4 Å². The van der Waals surface area contributed by atoms with Gasteiger partial charge < -0.3 is 10.2 Å². The van der Waals surface area contributed by atoms with E-state index in [1.54, 1.807) is 6.26 Å². The summed E-state index contributed by atoms with van der Waals surface area (Å²) < 4.78 is 13.3. The minimum Gasteiger partial charge on any atom is -0.337 e. The van der Waals surface area contributed by atoms with Crippen molar-refractivity contribution in [1.29, 1.82) is 0 Å². The van der Waals surface area contributed by atoms with Crippen molar-refractivity contribution in [2.45, 2.75) is 4.90 Å². The predicted molar refractivity (Wildman–Crippen MR) is 135 cm³/mol. The minimum absolute atomic E-state index is 0.237. The third-order valence-corrected chi connectivity index (χ3v) is 7.77. The largest absolute Gasteiger partial charge is 0.337 e. The highest BCUT2D eigenvalue weighted by molar-refractivity contribution is 7.99. The molecule has 170 valence electrons. The molecule has 1 aromatic heterocycles. The van der Waals surface area contributed by atoms with E-state index in [1.807, 2.05) is 42.5 Å². The number of benzene rings is 2. The number of nitrogens with zero attached hydrogens (tertiary/aromatic N) is 3. The zero-order valence-electron chi connectivity index (χ0n) is 18.5. The Morgan fingerprint density at radius 1 is 1.16 bits per heavy atom. The van der Waals surface area contributed by atoms with Crippen LogP contribution in [0.15, 0.2) is 47.4 Å². The van der Waals surface area contributed by atoms with Crippen LogP contribution in [-0.2, 0) is 9.52 Å². The number of fused-ring (bicyclic) bond motifs is 1. The summed E-state index contributed by atoms with van der Waals surface area (Å²) in [4.78, 5) is 22.2. The Labute approximate surface area is 193 Å². The number of hydrogen-bond donors (Lipinski definition) is 2. The lowest BCUT2D eigenvalue weighted by atomic mass is 10.1. The maximum absolute atomic E-state index is 12.3. The summed E-state index contributed by atoms with van der Waals surface area (Å²) in [6, 6.07) is 13.4. The van der Waals surface area contributed by atoms with Crippen molar-refractivity contribution < 1.29 is 9.00 Å². The van der Waals surface area contributed by atoms with Gasteiger partial charge in [-0.2, -0.15) is 0 Å². The number of likely N-dealkylation sites (N-methyl/N-ethyl adjacent to an activating group) is 1. The molecule has 1 fully saturated rings. The van der Waals surface area contributed by atoms with Crippen molar-refractivity contribution in [2.24, 2.45) is 0 Å². The van der Waals surface area contributed by atoms with Crippen LogP contribution in [0.2, 0.25) is 0 Å². The van der Waals surface area contributed by atoms with Crippen LogP contribution in [0.25, 0.3) is 21.3 Å². The van der Waals surface area contributed by atoms with Crippen molar-refractivity contribution in [3.05, 3.63) is 42.5 Å². The van der Waals surface area contributed by atoms with Crippen LogP contribution in [0.5, 0.6) is 0 Å². The zero-order valence-corrected chi connectivity index (χ0v) is 20.1. The average molecular weight is 472 g/mol. The second kappa shape index (κ2) is 9.58. The summed E-state index contributed by atoms with van der Waals surface area (Å²) in [6.07, 6.45) is 1.65. The molecule has 1 atom stereocenters. The van der Waals surface area contributed by atoms with E-state index in [-0.39, 0.29) is 6.03 Å². The first-order valence-electron chi connectivity index (χ1n) is 10.6. The first kappa shape index (κ1) is 22.7. The molecule has 9 heteroatoms. The lowest BCUT2D eigenvalue weighted by molar-refractivity contribution is 0.155. The first-order valence-corrected chi connectivity index (χ1v) is 13.5. The molecule has 1 saturated heterocycles. The summed E-state index contributed by atoms with van der Waals surface area (Å²) in [7, 11) is -0.140. The Balaban J connectivity index is 1.38. The van der Waals surface area contributed by atoms with E-state index in [4.69, 9.17) is 0 Å². The van der Waals surface area contributed by atoms with Crippen molar-refractivity contribution in [2.75, 3.05) is 57.9 Å². The van der Waals surface area contributed by atoms with Gasteiger partial charge in [0, 0.05) is 50.4 Å². The number of carbonyl (C=O) groups excluding carboxylic acids is 1. The molecule has 0 spiro atoms. The van der Waals surface area contributed by atoms with E-state index in [0.717, 1.165) is 59.0 Å². The summed E-state index contributed by atoms with van der Waals surface area (Å²) in [6.45, 7) is 5.66. The molecule has 2 N–H and O–H groups in total. The maximum Gasteiger partial charge on any atom is 0.321 e. The van der Waals surface area contributed by atoms with Gasteiger partial charge in [0.15, 0.2) is 5.13 Å². The highest BCUT2D eigenvalue weighted by Gasteiger charge is 2.14. The SMILES string of the molecule is C=S(C)(=O)c1cccc(-c2ccc3nc(NC(=O)NCCN4CCN(C)CC4)sc3c2)c1. The molecule has 2 heterocycles. The van der Waals surface area contributed by atoms with E-state index in [1.165, 1.54) is 11.3 Å². The fraction of sp³-hybridized carbons (Fsp3) is 0.348. The van der Waals surface area contributed by atoms with E-state index in [2.05, 4.69) is 38.3 Å². The van der Waals surface area contributed by atoms with E-state index >= 15 is 0 Å². The predicted octanol–water partition coefficient (Wildman–Crippen LogP) is 3.04. The molecule has 1 aliphatic heterocycles. The Morgan fingerprint density at radius 2 is 1.91 bits per heavy atom. The van der Waals surface area contributed by atoms with Gasteiger partial charge in [-0.15, -0.1) is 0 Å². The van der Waals surface area contributed by atoms with Crippen molar-refractivity contribution in [3.63, 3.8) is 0 Å². The van der Waals surface area contributed by atoms with Crippen LogP contribution in [0.3, 0.4) is 0 Å². The van der Waals surface area contributed by atoms with Gasteiger partial charge >= 0.3 is 6.03 Å². The number of amides is 2. The van der Waals surface area contributed by atoms with Crippen molar-refractivity contribution in [3.8, 4) is 11.1 Å². The lowest BCUT2D eigenvalue weighted by Crippen LogP contribution is -2.47. The summed E-state index contributed by atoms with van der Waals surface area (Å²) in [5.74, 6) is 3.78. The molecule has 0 saturated carbocycles. The number of thiazole rings is 1. The molecule has 2 amide bonds. The number of aromatic nitrogens is 1. The smallest absolute Gasteiger partial charge is 0.321 e. The van der Waals surface area contributed by atoms with Gasteiger partial charge in [0.25, 0.3) is 0 Å². The highest BCUT2D eigenvalue weighted by Crippen LogP contribution is 2.31. The number of piperazine rings is 1. The molecule has 32 heavy (non-hydrogen) atoms. The van der Waals surface area contributed by atoms with Crippen molar-refractivity contribution in [1.82, 2.24) is 20.1 Å². The number of urea groups is 1. The van der Waals surface area contributed by atoms with Crippen LogP contribution in [-0.4, -0.2) is 83.5 Å². The summed E-state index contributed by atoms with van der Waals surface area (Å²) in [5, 5.41) is 6.34. The van der Waals surface area contributed by atoms with Gasteiger partial charge in [0.1, 0.15) is 0 Å². The molecule has 2 aromatic carbocycles. The molecule has 0 bridgehead atoms. The molecule has 4 rings (SSSR count). The lowest BCUT2D eigenvalue weighted by Gasteiger charge is -2.32. The van der Waals surface area contributed by atoms with Crippen molar-refractivity contribution >= 4 is 48.1 Å². The minimum atomic E-state index is -2.27. The third-order valence-electron chi connectivity index (χ3n) is 5.58. The van der Waals surface area contributed by atoms with Gasteiger partial charge in [-0.05, 0) is 57.8 Å². The summed E-state index contributed by atoms with van der Waals surface area (Å²) in [5.41, 5.74) is 2.82. The van der Waals surface area contributed by atoms with Crippen LogP contribution >= 0.6 is 11.3 Å². The van der Waals surface area contributed by atoms with E-state index in [9.17, 15) is 9.00 Å². The highest BCUT2D eigenvalue weighted by atomic mass is 32.2. The maximum atomic E-state index is 12.3. The molecule has 7 nitrogen and oxygen atoms in total. The van der Waals surface area contributed by atoms with Gasteiger partial charge in [-0.25, -0.2) is 9.78 Å². The normalized spacial score (nSPS) is 17.2. The molecular weight excluding hydrogens is 442 g/mol. The Kier molecular flexibility index (Phi) is 6.80. The first-order chi connectivity index (χ1) is 15.3. The van der Waals surface area contributed by atoms with Gasteiger partial charge in [0.2, 0.25) is 0 Å². The number of rotatable bonds is 6.